The van der Waals surface area contributed by atoms with Crippen molar-refractivity contribution < 1.29 is 14.3 Å². The third-order valence-corrected chi connectivity index (χ3v) is 8.50. The van der Waals surface area contributed by atoms with Crippen LogP contribution in [0.2, 0.25) is 0 Å². The van der Waals surface area contributed by atoms with Gasteiger partial charge in [0.1, 0.15) is 21.6 Å². The molecule has 0 unspecified atom stereocenters. The molecule has 1 fully saturated rings. The molecule has 202 valence electrons. The third kappa shape index (κ3) is 6.56. The van der Waals surface area contributed by atoms with Gasteiger partial charge in [0.2, 0.25) is 0 Å². The zero-order valence-electron chi connectivity index (χ0n) is 22.4. The highest BCUT2D eigenvalue weighted by molar-refractivity contribution is 8.26. The van der Waals surface area contributed by atoms with E-state index in [2.05, 4.69) is 6.92 Å². The number of rotatable bonds is 12. The number of carbonyl (C=O) groups is 1. The Bertz CT molecular complexity index is 1290. The van der Waals surface area contributed by atoms with E-state index in [9.17, 15) is 4.79 Å². The van der Waals surface area contributed by atoms with Crippen molar-refractivity contribution in [2.24, 2.45) is 0 Å². The number of amides is 1. The molecule has 0 aromatic heterocycles. The molecule has 2 heterocycles. The molecule has 2 aliphatic rings. The van der Waals surface area contributed by atoms with Gasteiger partial charge in [0.25, 0.3) is 5.91 Å². The van der Waals surface area contributed by atoms with E-state index >= 15 is 0 Å². The van der Waals surface area contributed by atoms with Crippen LogP contribution in [0.25, 0.3) is 6.08 Å². The average molecular weight is 558 g/mol. The molecule has 0 saturated carbocycles. The zero-order chi connectivity index (χ0) is 27.0. The van der Waals surface area contributed by atoms with E-state index in [0.717, 1.165) is 47.0 Å². The quantitative estimate of drug-likeness (QED) is 0.126. The van der Waals surface area contributed by atoms with Gasteiger partial charge in [-0.2, -0.15) is 0 Å². The summed E-state index contributed by atoms with van der Waals surface area (Å²) in [6.07, 6.45) is 12.2. The minimum atomic E-state index is -0.323. The number of carbonyl (C=O) groups excluding carboxylic acids is 1. The Kier molecular flexibility index (Phi) is 9.38. The molecule has 0 radical (unpaired) electrons. The number of benzene rings is 3. The Hall–Kier alpha value is -3.09. The molecule has 4 nitrogen and oxygen atoms in total. The molecule has 0 N–H and O–H groups in total. The summed E-state index contributed by atoms with van der Waals surface area (Å²) in [6, 6.07) is 23.3. The highest BCUT2D eigenvalue weighted by atomic mass is 32.2. The Morgan fingerprint density at radius 3 is 2.08 bits per heavy atom. The van der Waals surface area contributed by atoms with Crippen LogP contribution in [-0.4, -0.2) is 21.7 Å². The lowest BCUT2D eigenvalue weighted by Gasteiger charge is -2.33. The normalized spacial score (nSPS) is 15.8. The Morgan fingerprint density at radius 2 is 1.44 bits per heavy atom. The van der Waals surface area contributed by atoms with E-state index in [-0.39, 0.29) is 11.9 Å². The number of nitrogens with zero attached hydrogens (tertiary/aromatic N) is 1. The largest absolute Gasteiger partial charge is 0.494 e. The maximum absolute atomic E-state index is 13.7. The summed E-state index contributed by atoms with van der Waals surface area (Å²) in [5.74, 6) is 2.28. The molecule has 0 atom stereocenters. The van der Waals surface area contributed by atoms with Crippen molar-refractivity contribution in [3.8, 4) is 17.2 Å². The van der Waals surface area contributed by atoms with Crippen molar-refractivity contribution in [3.05, 3.63) is 94.4 Å². The fourth-order valence-corrected chi connectivity index (χ4v) is 6.42. The van der Waals surface area contributed by atoms with Crippen LogP contribution in [0.1, 0.15) is 81.0 Å². The van der Waals surface area contributed by atoms with Gasteiger partial charge >= 0.3 is 0 Å². The molecular weight excluding hydrogens is 523 g/mol. The highest BCUT2D eigenvalue weighted by Gasteiger charge is 2.42. The molecule has 1 saturated heterocycles. The summed E-state index contributed by atoms with van der Waals surface area (Å²) in [5.41, 5.74) is 2.82. The number of unbranched alkanes of at least 4 members (excludes halogenated alkanes) is 7. The lowest BCUT2D eigenvalue weighted by Crippen LogP contribution is -2.34. The minimum absolute atomic E-state index is 0.0865. The van der Waals surface area contributed by atoms with E-state index in [0.29, 0.717) is 9.23 Å². The van der Waals surface area contributed by atoms with Gasteiger partial charge in [0, 0.05) is 11.1 Å². The van der Waals surface area contributed by atoms with Crippen LogP contribution in [0.15, 0.2) is 77.7 Å². The second kappa shape index (κ2) is 13.3. The highest BCUT2D eigenvalue weighted by Crippen LogP contribution is 2.49. The molecule has 5 rings (SSSR count). The minimum Gasteiger partial charge on any atom is -0.494 e. The number of hydrogen-bond acceptors (Lipinski definition) is 5. The summed E-state index contributed by atoms with van der Waals surface area (Å²) in [7, 11) is 0. The van der Waals surface area contributed by atoms with Crippen LogP contribution in [0, 0.1) is 0 Å². The van der Waals surface area contributed by atoms with Crippen molar-refractivity contribution >= 4 is 40.3 Å². The SMILES string of the molecule is CCCCCCCCCCOc1ccc(/C=C2\SC(=S)N(C3c4ccccc4Oc4ccccc43)C2=O)cc1. The van der Waals surface area contributed by atoms with Gasteiger partial charge < -0.3 is 9.47 Å². The molecule has 39 heavy (non-hydrogen) atoms. The molecule has 3 aromatic rings. The summed E-state index contributed by atoms with van der Waals surface area (Å²) in [6.45, 7) is 2.99. The number of ether oxygens (including phenoxy) is 2. The third-order valence-electron chi connectivity index (χ3n) is 7.17. The van der Waals surface area contributed by atoms with E-state index in [1.165, 1.54) is 56.7 Å². The second-order valence-electron chi connectivity index (χ2n) is 10.0. The first-order valence-electron chi connectivity index (χ1n) is 14.0. The fraction of sp³-hybridized carbons (Fsp3) is 0.333. The maximum Gasteiger partial charge on any atom is 0.267 e. The van der Waals surface area contributed by atoms with Gasteiger partial charge in [-0.25, -0.2) is 0 Å². The number of fused-ring (bicyclic) bond motifs is 2. The van der Waals surface area contributed by atoms with E-state index in [4.69, 9.17) is 21.7 Å². The molecule has 1 amide bonds. The Balaban J connectivity index is 1.21. The maximum atomic E-state index is 13.7. The van der Waals surface area contributed by atoms with Crippen LogP contribution in [-0.2, 0) is 4.79 Å². The van der Waals surface area contributed by atoms with Crippen molar-refractivity contribution in [2.45, 2.75) is 64.3 Å². The average Bonchev–Trinajstić information content (AvgIpc) is 3.23. The standard InChI is InChI=1S/C33H35NO3S2/c1-2-3-4-5-6-7-8-13-22-36-25-20-18-24(19-21-25)23-30-32(35)34(33(38)39-30)31-26-14-9-11-16-28(26)37-29-17-12-10-15-27(29)31/h9-12,14-21,23,31H,2-8,13,22H2,1H3/b30-23-. The first-order valence-corrected chi connectivity index (χ1v) is 15.2. The van der Waals surface area contributed by atoms with Crippen molar-refractivity contribution in [3.63, 3.8) is 0 Å². The first kappa shape index (κ1) is 27.5. The summed E-state index contributed by atoms with van der Waals surface area (Å²) in [5, 5.41) is 0. The first-order chi connectivity index (χ1) is 19.2. The predicted octanol–water partition coefficient (Wildman–Crippen LogP) is 9.30. The van der Waals surface area contributed by atoms with Gasteiger partial charge in [0.05, 0.1) is 17.6 Å². The molecule has 2 aliphatic heterocycles. The van der Waals surface area contributed by atoms with Gasteiger partial charge in [-0.15, -0.1) is 0 Å². The van der Waals surface area contributed by atoms with Crippen molar-refractivity contribution in [2.75, 3.05) is 6.61 Å². The van der Waals surface area contributed by atoms with Gasteiger partial charge in [-0.1, -0.05) is 124 Å². The van der Waals surface area contributed by atoms with Gasteiger partial charge in [-0.3, -0.25) is 9.69 Å². The number of hydrogen-bond donors (Lipinski definition) is 0. The Morgan fingerprint density at radius 1 is 0.846 bits per heavy atom. The summed E-state index contributed by atoms with van der Waals surface area (Å²) < 4.78 is 12.6. The van der Waals surface area contributed by atoms with Crippen LogP contribution < -0.4 is 9.47 Å². The monoisotopic (exact) mass is 557 g/mol. The lowest BCUT2D eigenvalue weighted by atomic mass is 9.93. The van der Waals surface area contributed by atoms with E-state index in [1.807, 2.05) is 78.9 Å². The lowest BCUT2D eigenvalue weighted by molar-refractivity contribution is -0.123. The van der Waals surface area contributed by atoms with Crippen LogP contribution in [0.5, 0.6) is 17.2 Å². The van der Waals surface area contributed by atoms with Crippen LogP contribution >= 0.6 is 24.0 Å². The van der Waals surface area contributed by atoms with E-state index in [1.54, 1.807) is 4.90 Å². The molecule has 0 aliphatic carbocycles. The predicted molar refractivity (Wildman–Crippen MR) is 164 cm³/mol. The van der Waals surface area contributed by atoms with Crippen LogP contribution in [0.3, 0.4) is 0 Å². The molecule has 0 bridgehead atoms. The number of thiocarbonyl (C=S) groups is 1. The number of para-hydroxylation sites is 2. The smallest absolute Gasteiger partial charge is 0.267 e. The second-order valence-corrected chi connectivity index (χ2v) is 11.7. The molecule has 3 aromatic carbocycles. The van der Waals surface area contributed by atoms with Gasteiger partial charge in [0.15, 0.2) is 0 Å². The van der Waals surface area contributed by atoms with Crippen LogP contribution in [0.4, 0.5) is 0 Å². The summed E-state index contributed by atoms with van der Waals surface area (Å²) in [4.78, 5) is 16.0. The van der Waals surface area contributed by atoms with Crippen molar-refractivity contribution in [1.82, 2.24) is 4.90 Å². The Labute approximate surface area is 241 Å². The van der Waals surface area contributed by atoms with E-state index < -0.39 is 0 Å². The van der Waals surface area contributed by atoms with Gasteiger partial charge in [-0.05, 0) is 42.3 Å². The van der Waals surface area contributed by atoms with Crippen molar-refractivity contribution in [1.29, 1.82) is 0 Å². The summed E-state index contributed by atoms with van der Waals surface area (Å²) >= 11 is 7.09. The topological polar surface area (TPSA) is 38.8 Å². The number of thioether (sulfide) groups is 1. The zero-order valence-corrected chi connectivity index (χ0v) is 24.1. The molecule has 6 heteroatoms. The molecule has 0 spiro atoms. The molecular formula is C33H35NO3S2. The fourth-order valence-electron chi connectivity index (χ4n) is 5.10.